The summed E-state index contributed by atoms with van der Waals surface area (Å²) in [6, 6.07) is 21.4. The van der Waals surface area contributed by atoms with Crippen LogP contribution in [0.1, 0.15) is 23.0 Å². The molecule has 0 nitrogen and oxygen atoms in total. The molecular weight excluding hydrogens is 288 g/mol. The second-order valence-corrected chi connectivity index (χ2v) is 6.03. The number of hydrogen-bond donors (Lipinski definition) is 0. The van der Waals surface area contributed by atoms with Gasteiger partial charge in [0, 0.05) is 23.0 Å². The van der Waals surface area contributed by atoms with Crippen molar-refractivity contribution in [2.75, 3.05) is 0 Å². The Kier molecular flexibility index (Phi) is 4.00. The van der Waals surface area contributed by atoms with E-state index in [-0.39, 0.29) is 11.8 Å². The fraction of sp³-hybridized carbons (Fsp3) is 0.0833. The first-order valence-corrected chi connectivity index (χ1v) is 8.30. The molecule has 0 unspecified atom stereocenters. The van der Waals surface area contributed by atoms with Gasteiger partial charge in [-0.1, -0.05) is 85.0 Å². The van der Waals surface area contributed by atoms with Gasteiger partial charge in [0.15, 0.2) is 0 Å². The maximum atomic E-state index is 3.43. The largest absolute Gasteiger partial charge is 0.117 e. The van der Waals surface area contributed by atoms with Crippen LogP contribution in [0.25, 0.3) is 0 Å². The first-order valence-electron chi connectivity index (χ1n) is 8.30. The van der Waals surface area contributed by atoms with Crippen LogP contribution in [0.5, 0.6) is 0 Å². The minimum atomic E-state index is 0.224. The Balaban J connectivity index is 1.90. The van der Waals surface area contributed by atoms with E-state index in [2.05, 4.69) is 96.4 Å². The van der Waals surface area contributed by atoms with Gasteiger partial charge in [-0.15, -0.1) is 11.5 Å². The first-order chi connectivity index (χ1) is 11.9. The molecule has 0 saturated heterocycles. The fourth-order valence-corrected chi connectivity index (χ4v) is 3.50. The Morgan fingerprint density at radius 2 is 0.958 bits per heavy atom. The molecule has 0 amide bonds. The Morgan fingerprint density at radius 3 is 1.29 bits per heavy atom. The molecule has 2 aliphatic rings. The quantitative estimate of drug-likeness (QED) is 0.607. The average molecular weight is 306 g/mol. The van der Waals surface area contributed by atoms with Crippen LogP contribution in [-0.4, -0.2) is 0 Å². The van der Waals surface area contributed by atoms with Crippen LogP contribution < -0.4 is 0 Å². The summed E-state index contributed by atoms with van der Waals surface area (Å²) < 4.78 is 0. The molecule has 0 heterocycles. The molecule has 0 fully saturated rings. The van der Waals surface area contributed by atoms with E-state index in [1.807, 2.05) is 12.2 Å². The van der Waals surface area contributed by atoms with Crippen molar-refractivity contribution < 1.29 is 0 Å². The molecule has 114 valence electrons. The van der Waals surface area contributed by atoms with Crippen LogP contribution in [0.15, 0.2) is 120 Å². The zero-order valence-electron chi connectivity index (χ0n) is 13.4. The van der Waals surface area contributed by atoms with Gasteiger partial charge < -0.3 is 0 Å². The van der Waals surface area contributed by atoms with Gasteiger partial charge in [0.1, 0.15) is 0 Å². The SMILES string of the molecule is C1=CC=CC=1[C@@H](c1ccccc1)[C@@H](C1=C=CC=C1)c1ccccc1. The Labute approximate surface area is 143 Å². The van der Waals surface area contributed by atoms with Gasteiger partial charge in [0.2, 0.25) is 0 Å². The molecular formula is C24H18. The zero-order chi connectivity index (χ0) is 16.2. The lowest BCUT2D eigenvalue weighted by Gasteiger charge is -2.28. The predicted octanol–water partition coefficient (Wildman–Crippen LogP) is 5.86. The van der Waals surface area contributed by atoms with Crippen molar-refractivity contribution in [3.63, 3.8) is 0 Å². The summed E-state index contributed by atoms with van der Waals surface area (Å²) in [6.45, 7) is 0. The molecule has 2 aliphatic carbocycles. The summed E-state index contributed by atoms with van der Waals surface area (Å²) in [5, 5.41) is 0. The number of hydrogen-bond acceptors (Lipinski definition) is 0. The molecule has 0 saturated carbocycles. The lowest BCUT2D eigenvalue weighted by atomic mass is 9.74. The van der Waals surface area contributed by atoms with Crippen molar-refractivity contribution in [1.29, 1.82) is 0 Å². The number of benzene rings is 2. The lowest BCUT2D eigenvalue weighted by Crippen LogP contribution is -2.14. The highest BCUT2D eigenvalue weighted by Crippen LogP contribution is 2.44. The summed E-state index contributed by atoms with van der Waals surface area (Å²) in [6.07, 6.45) is 12.5. The van der Waals surface area contributed by atoms with Crippen molar-refractivity contribution in [3.8, 4) is 0 Å². The van der Waals surface area contributed by atoms with Crippen LogP contribution in [0.2, 0.25) is 0 Å². The molecule has 0 spiro atoms. The molecule has 0 radical (unpaired) electrons. The fourth-order valence-electron chi connectivity index (χ4n) is 3.50. The number of rotatable bonds is 5. The molecule has 0 bridgehead atoms. The van der Waals surface area contributed by atoms with Crippen molar-refractivity contribution >= 4 is 0 Å². The zero-order valence-corrected chi connectivity index (χ0v) is 13.4. The topological polar surface area (TPSA) is 0 Å². The molecule has 2 aromatic carbocycles. The molecule has 0 aromatic heterocycles. The predicted molar refractivity (Wildman–Crippen MR) is 99.8 cm³/mol. The molecule has 24 heavy (non-hydrogen) atoms. The van der Waals surface area contributed by atoms with E-state index in [1.165, 1.54) is 22.3 Å². The summed E-state index contributed by atoms with van der Waals surface area (Å²) >= 11 is 0. The van der Waals surface area contributed by atoms with E-state index in [4.69, 9.17) is 0 Å². The van der Waals surface area contributed by atoms with Gasteiger partial charge in [0.05, 0.1) is 0 Å². The maximum Gasteiger partial charge on any atom is 0.0278 e. The molecule has 0 heteroatoms. The first kappa shape index (κ1) is 14.5. The van der Waals surface area contributed by atoms with Crippen LogP contribution in [0.4, 0.5) is 0 Å². The minimum absolute atomic E-state index is 0.224. The number of allylic oxidation sites excluding steroid dienone is 6. The molecule has 2 atom stereocenters. The minimum Gasteiger partial charge on any atom is -0.117 e. The second kappa shape index (κ2) is 6.60. The van der Waals surface area contributed by atoms with Crippen LogP contribution in [0, 0.1) is 0 Å². The van der Waals surface area contributed by atoms with E-state index < -0.39 is 0 Å². The Morgan fingerprint density at radius 1 is 0.542 bits per heavy atom. The maximum absolute atomic E-state index is 3.43. The van der Waals surface area contributed by atoms with Crippen molar-refractivity contribution in [2.24, 2.45) is 0 Å². The third-order valence-corrected chi connectivity index (χ3v) is 4.56. The van der Waals surface area contributed by atoms with E-state index in [9.17, 15) is 0 Å². The summed E-state index contributed by atoms with van der Waals surface area (Å²) in [5.74, 6) is 0.449. The standard InChI is InChI=1S/C24H18/c1-3-11-19(12-4-1)23(21-15-7-8-16-21)24(22-17-9-10-18-22)20-13-5-2-6-14-20/h1-15,17,23-24H/t23-,24-/m1/s1. The van der Waals surface area contributed by atoms with E-state index >= 15 is 0 Å². The third kappa shape index (κ3) is 2.77. The molecule has 2 aromatic rings. The highest BCUT2D eigenvalue weighted by molar-refractivity contribution is 5.50. The Hall–Kier alpha value is -3.04. The highest BCUT2D eigenvalue weighted by atomic mass is 14.3. The highest BCUT2D eigenvalue weighted by Gasteiger charge is 2.30. The van der Waals surface area contributed by atoms with E-state index in [0.717, 1.165) is 0 Å². The summed E-state index contributed by atoms with van der Waals surface area (Å²) in [4.78, 5) is 0. The second-order valence-electron chi connectivity index (χ2n) is 6.03. The summed E-state index contributed by atoms with van der Waals surface area (Å²) in [5.41, 5.74) is 11.9. The average Bonchev–Trinajstić information content (AvgIpc) is 3.35. The monoisotopic (exact) mass is 306 g/mol. The smallest absolute Gasteiger partial charge is 0.0278 e. The van der Waals surface area contributed by atoms with Crippen LogP contribution in [0.3, 0.4) is 0 Å². The van der Waals surface area contributed by atoms with E-state index in [0.29, 0.717) is 0 Å². The van der Waals surface area contributed by atoms with Gasteiger partial charge in [-0.3, -0.25) is 0 Å². The normalized spacial score (nSPS) is 17.0. The van der Waals surface area contributed by atoms with Gasteiger partial charge >= 0.3 is 0 Å². The van der Waals surface area contributed by atoms with Crippen LogP contribution in [-0.2, 0) is 0 Å². The van der Waals surface area contributed by atoms with Gasteiger partial charge in [0.25, 0.3) is 0 Å². The molecule has 4 rings (SSSR count). The third-order valence-electron chi connectivity index (χ3n) is 4.56. The van der Waals surface area contributed by atoms with Gasteiger partial charge in [-0.2, -0.15) is 0 Å². The van der Waals surface area contributed by atoms with Crippen molar-refractivity contribution in [1.82, 2.24) is 0 Å². The van der Waals surface area contributed by atoms with Gasteiger partial charge in [-0.25, -0.2) is 0 Å². The van der Waals surface area contributed by atoms with Crippen molar-refractivity contribution in [3.05, 3.63) is 131 Å². The molecule has 0 aliphatic heterocycles. The lowest BCUT2D eigenvalue weighted by molar-refractivity contribution is 0.696. The van der Waals surface area contributed by atoms with Crippen LogP contribution >= 0.6 is 0 Å². The van der Waals surface area contributed by atoms with Gasteiger partial charge in [-0.05, 0) is 23.3 Å². The molecule has 0 N–H and O–H groups in total. The Bertz CT molecular complexity index is 831. The van der Waals surface area contributed by atoms with Crippen molar-refractivity contribution in [2.45, 2.75) is 11.8 Å². The van der Waals surface area contributed by atoms with E-state index in [1.54, 1.807) is 0 Å². The summed E-state index contributed by atoms with van der Waals surface area (Å²) in [7, 11) is 0.